The van der Waals surface area contributed by atoms with Gasteiger partial charge in [0.1, 0.15) is 0 Å². The topological polar surface area (TPSA) is 46.5 Å². The zero-order valence-electron chi connectivity index (χ0n) is 14.9. The first-order valence-electron chi connectivity index (χ1n) is 9.37. The molecule has 3 nitrogen and oxygen atoms in total. The minimum atomic E-state index is -0.737. The number of carbonyl (C=O) groups is 1. The van der Waals surface area contributed by atoms with Gasteiger partial charge >= 0.3 is 5.97 Å². The highest BCUT2D eigenvalue weighted by Gasteiger charge is 2.74. The number of carbonyl (C=O) groups excluding carboxylic acids is 1. The third-order valence-corrected chi connectivity index (χ3v) is 7.65. The predicted molar refractivity (Wildman–Crippen MR) is 88.6 cm³/mol. The molecular weight excluding hydrogens is 288 g/mol. The number of ether oxygens (including phenoxy) is 1. The van der Waals surface area contributed by atoms with Crippen LogP contribution < -0.4 is 0 Å². The second-order valence-electron chi connectivity index (χ2n) is 9.39. The van der Waals surface area contributed by atoms with Gasteiger partial charge in [0.25, 0.3) is 0 Å². The van der Waals surface area contributed by atoms with E-state index >= 15 is 0 Å². The average Bonchev–Trinajstić information content (AvgIpc) is 2.67. The Kier molecular flexibility index (Phi) is 3.15. The third-order valence-electron chi connectivity index (χ3n) is 7.65. The molecule has 0 aromatic heterocycles. The highest BCUT2D eigenvalue weighted by Crippen LogP contribution is 2.69. The van der Waals surface area contributed by atoms with E-state index in [0.29, 0.717) is 12.3 Å². The van der Waals surface area contributed by atoms with E-state index in [4.69, 9.17) is 4.74 Å². The van der Waals surface area contributed by atoms with Crippen molar-refractivity contribution in [3.8, 4) is 0 Å². The lowest BCUT2D eigenvalue weighted by atomic mass is 9.44. The van der Waals surface area contributed by atoms with Gasteiger partial charge in [-0.25, -0.2) is 0 Å². The fourth-order valence-electron chi connectivity index (χ4n) is 6.49. The smallest absolute Gasteiger partial charge is 0.313 e. The van der Waals surface area contributed by atoms with Crippen LogP contribution in [0.15, 0.2) is 11.6 Å². The number of aliphatic hydroxyl groups excluding tert-OH is 1. The van der Waals surface area contributed by atoms with Gasteiger partial charge in [-0.1, -0.05) is 39.7 Å². The van der Waals surface area contributed by atoms with E-state index in [1.807, 2.05) is 0 Å². The van der Waals surface area contributed by atoms with Crippen LogP contribution >= 0.6 is 0 Å². The average molecular weight is 318 g/mol. The Morgan fingerprint density at radius 1 is 1.26 bits per heavy atom. The molecule has 2 saturated carbocycles. The Bertz CT molecular complexity index is 575. The number of rotatable bonds is 1. The van der Waals surface area contributed by atoms with Crippen molar-refractivity contribution in [1.82, 2.24) is 0 Å². The summed E-state index contributed by atoms with van der Waals surface area (Å²) in [6, 6.07) is 0. The SMILES string of the molecule is CC(C)C1=C[C@]23OC(=O)[C@@]4(CCCC(C)(C)[C@@H]4C[C@H]2O)[C@H]3CC1. The van der Waals surface area contributed by atoms with Crippen LogP contribution in [0.3, 0.4) is 0 Å². The van der Waals surface area contributed by atoms with Crippen LogP contribution in [-0.2, 0) is 9.53 Å². The number of aliphatic hydroxyl groups is 1. The molecule has 3 aliphatic carbocycles. The van der Waals surface area contributed by atoms with Gasteiger partial charge in [0.05, 0.1) is 11.5 Å². The van der Waals surface area contributed by atoms with Gasteiger partial charge in [0.15, 0.2) is 5.60 Å². The quantitative estimate of drug-likeness (QED) is 0.590. The molecule has 1 saturated heterocycles. The molecule has 0 amide bonds. The molecule has 1 spiro atoms. The zero-order valence-corrected chi connectivity index (χ0v) is 14.9. The summed E-state index contributed by atoms with van der Waals surface area (Å²) in [4.78, 5) is 13.1. The largest absolute Gasteiger partial charge is 0.451 e. The second-order valence-corrected chi connectivity index (χ2v) is 9.39. The van der Waals surface area contributed by atoms with E-state index in [1.165, 1.54) is 5.57 Å². The summed E-state index contributed by atoms with van der Waals surface area (Å²) in [5, 5.41) is 11.0. The lowest BCUT2D eigenvalue weighted by molar-refractivity contribution is -0.156. The molecule has 5 atom stereocenters. The molecule has 2 bridgehead atoms. The standard InChI is InChI=1S/C20H30O3/c1-12(2)13-6-7-14-19-9-5-8-18(3,4)15(19)10-16(21)20(14,11-13)23-17(19)22/h11-12,14-16,21H,5-10H2,1-4H3/t14-,15+,16-,19+,20-/m1/s1. The van der Waals surface area contributed by atoms with E-state index < -0.39 is 11.7 Å². The lowest BCUT2D eigenvalue weighted by Gasteiger charge is -2.57. The summed E-state index contributed by atoms with van der Waals surface area (Å²) in [7, 11) is 0. The Balaban J connectivity index is 1.86. The Hall–Kier alpha value is -0.830. The fraction of sp³-hybridized carbons (Fsp3) is 0.850. The number of hydrogen-bond acceptors (Lipinski definition) is 3. The molecule has 4 aliphatic rings. The van der Waals surface area contributed by atoms with Gasteiger partial charge in [0, 0.05) is 5.92 Å². The maximum atomic E-state index is 13.1. The highest BCUT2D eigenvalue weighted by molar-refractivity contribution is 5.83. The maximum absolute atomic E-state index is 13.1. The predicted octanol–water partition coefficient (Wildman–Crippen LogP) is 3.85. The minimum absolute atomic E-state index is 0.0157. The van der Waals surface area contributed by atoms with E-state index in [-0.39, 0.29) is 28.6 Å². The Morgan fingerprint density at radius 3 is 2.70 bits per heavy atom. The van der Waals surface area contributed by atoms with Crippen LogP contribution in [0.5, 0.6) is 0 Å². The number of allylic oxidation sites excluding steroid dienone is 1. The Labute approximate surface area is 139 Å². The van der Waals surface area contributed by atoms with Crippen LogP contribution in [0.4, 0.5) is 0 Å². The molecule has 0 aromatic carbocycles. The van der Waals surface area contributed by atoms with Crippen LogP contribution in [0.2, 0.25) is 0 Å². The van der Waals surface area contributed by atoms with Gasteiger partial charge in [-0.15, -0.1) is 0 Å². The molecule has 3 heteroatoms. The molecule has 1 N–H and O–H groups in total. The fourth-order valence-corrected chi connectivity index (χ4v) is 6.49. The summed E-state index contributed by atoms with van der Waals surface area (Å²) in [5.41, 5.74) is 0.369. The van der Waals surface area contributed by atoms with Crippen molar-refractivity contribution in [2.24, 2.45) is 28.6 Å². The van der Waals surface area contributed by atoms with Crippen molar-refractivity contribution in [3.05, 3.63) is 11.6 Å². The molecule has 23 heavy (non-hydrogen) atoms. The second kappa shape index (κ2) is 4.62. The van der Waals surface area contributed by atoms with E-state index in [1.54, 1.807) is 0 Å². The molecule has 3 fully saturated rings. The summed E-state index contributed by atoms with van der Waals surface area (Å²) >= 11 is 0. The molecule has 1 heterocycles. The monoisotopic (exact) mass is 318 g/mol. The van der Waals surface area contributed by atoms with Gasteiger partial charge in [0.2, 0.25) is 0 Å². The first kappa shape index (κ1) is 15.7. The molecular formula is C20H30O3. The van der Waals surface area contributed by atoms with Crippen molar-refractivity contribution in [2.75, 3.05) is 0 Å². The van der Waals surface area contributed by atoms with Crippen molar-refractivity contribution in [1.29, 1.82) is 0 Å². The number of hydrogen-bond donors (Lipinski definition) is 1. The molecule has 0 aromatic rings. The highest BCUT2D eigenvalue weighted by atomic mass is 16.6. The third kappa shape index (κ3) is 1.78. The summed E-state index contributed by atoms with van der Waals surface area (Å²) in [5.74, 6) is 0.852. The summed E-state index contributed by atoms with van der Waals surface area (Å²) in [6.07, 6.45) is 7.53. The van der Waals surface area contributed by atoms with Crippen LogP contribution in [0.1, 0.15) is 66.2 Å². The lowest BCUT2D eigenvalue weighted by Crippen LogP contribution is -2.61. The van der Waals surface area contributed by atoms with Crippen LogP contribution in [0, 0.1) is 28.6 Å². The normalized spacial score (nSPS) is 47.7. The molecule has 1 aliphatic heterocycles. The van der Waals surface area contributed by atoms with E-state index in [2.05, 4.69) is 33.8 Å². The first-order valence-corrected chi connectivity index (χ1v) is 9.37. The van der Waals surface area contributed by atoms with Crippen LogP contribution in [-0.4, -0.2) is 22.8 Å². The summed E-state index contributed by atoms with van der Waals surface area (Å²) in [6.45, 7) is 8.94. The maximum Gasteiger partial charge on any atom is 0.313 e. The van der Waals surface area contributed by atoms with Gasteiger partial charge in [-0.2, -0.15) is 0 Å². The van der Waals surface area contributed by atoms with Crippen LogP contribution in [0.25, 0.3) is 0 Å². The van der Waals surface area contributed by atoms with Gasteiger partial charge in [-0.3, -0.25) is 4.79 Å². The van der Waals surface area contributed by atoms with Gasteiger partial charge in [-0.05, 0) is 55.4 Å². The van der Waals surface area contributed by atoms with E-state index in [9.17, 15) is 9.90 Å². The molecule has 128 valence electrons. The molecule has 0 radical (unpaired) electrons. The van der Waals surface area contributed by atoms with Crippen molar-refractivity contribution in [3.63, 3.8) is 0 Å². The minimum Gasteiger partial charge on any atom is -0.451 e. The van der Waals surface area contributed by atoms with E-state index in [0.717, 1.165) is 32.1 Å². The van der Waals surface area contributed by atoms with Crippen molar-refractivity contribution < 1.29 is 14.6 Å². The molecule has 4 rings (SSSR count). The first-order chi connectivity index (χ1) is 10.7. The van der Waals surface area contributed by atoms with Gasteiger partial charge < -0.3 is 9.84 Å². The summed E-state index contributed by atoms with van der Waals surface area (Å²) < 4.78 is 6.06. The molecule has 0 unspecified atom stereocenters. The zero-order chi connectivity index (χ0) is 16.6. The van der Waals surface area contributed by atoms with Crippen molar-refractivity contribution >= 4 is 5.97 Å². The number of esters is 1. The van der Waals surface area contributed by atoms with Crippen molar-refractivity contribution in [2.45, 2.75) is 77.9 Å². The Morgan fingerprint density at radius 2 is 2.00 bits per heavy atom.